The lowest BCUT2D eigenvalue weighted by molar-refractivity contribution is -0.129. The number of para-hydroxylation sites is 1. The summed E-state index contributed by atoms with van der Waals surface area (Å²) in [5, 5.41) is 4.15. The Bertz CT molecular complexity index is 711. The highest BCUT2D eigenvalue weighted by atomic mass is 16.5. The molecular weight excluding hydrogens is 324 g/mol. The molecule has 4 aliphatic carbocycles. The Morgan fingerprint density at radius 1 is 1.23 bits per heavy atom. The molecule has 1 aromatic rings. The van der Waals surface area contributed by atoms with Crippen LogP contribution < -0.4 is 10.2 Å². The van der Waals surface area contributed by atoms with E-state index in [9.17, 15) is 4.79 Å². The predicted octanol–water partition coefficient (Wildman–Crippen LogP) is 3.76. The lowest BCUT2D eigenvalue weighted by atomic mass is 9.49. The van der Waals surface area contributed by atoms with Crippen LogP contribution in [0.1, 0.15) is 50.5 Å². The van der Waals surface area contributed by atoms with Crippen LogP contribution in [0, 0.1) is 35.5 Å². The van der Waals surface area contributed by atoms with Crippen molar-refractivity contribution in [1.82, 2.24) is 5.43 Å². The van der Waals surface area contributed by atoms with Crippen LogP contribution in [-0.4, -0.2) is 18.7 Å². The van der Waals surface area contributed by atoms with Gasteiger partial charge in [-0.3, -0.25) is 4.79 Å². The highest BCUT2D eigenvalue weighted by molar-refractivity contribution is 5.85. The fraction of sp³-hybridized carbons (Fsp3) is 0.545. The molecule has 0 aliphatic heterocycles. The lowest BCUT2D eigenvalue weighted by Crippen LogP contribution is -2.47. The van der Waals surface area contributed by atoms with Crippen LogP contribution in [-0.2, 0) is 4.79 Å². The SMILES string of the molecule is C#CCOc1ccccc1/C=N\NC(=O)CC12CC3CC(CC(C3)C1)C2. The summed E-state index contributed by atoms with van der Waals surface area (Å²) in [6.07, 6.45) is 15.4. The number of ether oxygens (including phenoxy) is 1. The fourth-order valence-electron chi connectivity index (χ4n) is 5.90. The zero-order valence-electron chi connectivity index (χ0n) is 15.1. The maximum absolute atomic E-state index is 12.5. The average molecular weight is 350 g/mol. The topological polar surface area (TPSA) is 50.7 Å². The largest absolute Gasteiger partial charge is 0.480 e. The van der Waals surface area contributed by atoms with Gasteiger partial charge in [0.1, 0.15) is 12.4 Å². The van der Waals surface area contributed by atoms with Crippen molar-refractivity contribution in [2.24, 2.45) is 28.3 Å². The van der Waals surface area contributed by atoms with E-state index in [1.165, 1.54) is 38.5 Å². The number of benzene rings is 1. The van der Waals surface area contributed by atoms with Crippen molar-refractivity contribution in [1.29, 1.82) is 0 Å². The van der Waals surface area contributed by atoms with Gasteiger partial charge in [-0.25, -0.2) is 5.43 Å². The van der Waals surface area contributed by atoms with Gasteiger partial charge in [0.25, 0.3) is 0 Å². The maximum atomic E-state index is 12.5. The van der Waals surface area contributed by atoms with Crippen LogP contribution in [0.3, 0.4) is 0 Å². The van der Waals surface area contributed by atoms with E-state index in [0.717, 1.165) is 23.3 Å². The summed E-state index contributed by atoms with van der Waals surface area (Å²) in [5.74, 6) is 5.73. The van der Waals surface area contributed by atoms with Gasteiger partial charge in [0.05, 0.1) is 6.21 Å². The van der Waals surface area contributed by atoms with Crippen molar-refractivity contribution in [3.63, 3.8) is 0 Å². The molecule has 4 heteroatoms. The molecule has 136 valence electrons. The summed E-state index contributed by atoms with van der Waals surface area (Å²) < 4.78 is 5.49. The molecule has 4 saturated carbocycles. The van der Waals surface area contributed by atoms with E-state index < -0.39 is 0 Å². The number of terminal acetylenes is 1. The first-order valence-electron chi connectivity index (χ1n) is 9.63. The Hall–Kier alpha value is -2.28. The number of hydrazone groups is 1. The summed E-state index contributed by atoms with van der Waals surface area (Å²) in [6.45, 7) is 0.212. The van der Waals surface area contributed by atoms with E-state index in [-0.39, 0.29) is 17.9 Å². The van der Waals surface area contributed by atoms with Gasteiger partial charge in [0.2, 0.25) is 5.91 Å². The third-order valence-corrected chi connectivity index (χ3v) is 6.32. The molecule has 4 aliphatic rings. The van der Waals surface area contributed by atoms with Gasteiger partial charge in [-0.2, -0.15) is 5.10 Å². The van der Waals surface area contributed by atoms with Crippen LogP contribution >= 0.6 is 0 Å². The molecule has 4 nitrogen and oxygen atoms in total. The van der Waals surface area contributed by atoms with Gasteiger partial charge in [-0.15, -0.1) is 6.42 Å². The van der Waals surface area contributed by atoms with E-state index in [0.29, 0.717) is 12.2 Å². The second-order valence-corrected chi connectivity index (χ2v) is 8.42. The number of amides is 1. The molecule has 0 spiro atoms. The molecule has 0 radical (unpaired) electrons. The smallest absolute Gasteiger partial charge is 0.240 e. The number of nitrogens with zero attached hydrogens (tertiary/aromatic N) is 1. The molecule has 26 heavy (non-hydrogen) atoms. The number of carbonyl (C=O) groups is 1. The number of hydrogen-bond acceptors (Lipinski definition) is 3. The first-order chi connectivity index (χ1) is 12.7. The van der Waals surface area contributed by atoms with E-state index >= 15 is 0 Å². The number of nitrogens with one attached hydrogen (secondary N) is 1. The quantitative estimate of drug-likeness (QED) is 0.482. The Labute approximate surface area is 155 Å². The van der Waals surface area contributed by atoms with Gasteiger partial charge in [0.15, 0.2) is 0 Å². The zero-order valence-corrected chi connectivity index (χ0v) is 15.1. The van der Waals surface area contributed by atoms with E-state index in [1.807, 2.05) is 24.3 Å². The van der Waals surface area contributed by atoms with Crippen molar-refractivity contribution in [3.05, 3.63) is 29.8 Å². The second kappa shape index (κ2) is 7.15. The average Bonchev–Trinajstić information content (AvgIpc) is 2.59. The fourth-order valence-corrected chi connectivity index (χ4v) is 5.90. The highest BCUT2D eigenvalue weighted by Gasteiger charge is 2.51. The number of rotatable bonds is 6. The van der Waals surface area contributed by atoms with Gasteiger partial charge < -0.3 is 4.74 Å². The van der Waals surface area contributed by atoms with Crippen molar-refractivity contribution in [2.75, 3.05) is 6.61 Å². The highest BCUT2D eigenvalue weighted by Crippen LogP contribution is 2.61. The lowest BCUT2D eigenvalue weighted by Gasteiger charge is -2.56. The molecular formula is C22H26N2O2. The molecule has 1 amide bonds. The molecule has 0 aromatic heterocycles. The summed E-state index contributed by atoms with van der Waals surface area (Å²) in [4.78, 5) is 12.5. The second-order valence-electron chi connectivity index (χ2n) is 8.42. The van der Waals surface area contributed by atoms with Crippen LogP contribution in [0.25, 0.3) is 0 Å². The predicted molar refractivity (Wildman–Crippen MR) is 102 cm³/mol. The van der Waals surface area contributed by atoms with E-state index in [2.05, 4.69) is 16.4 Å². The van der Waals surface area contributed by atoms with Gasteiger partial charge in [0, 0.05) is 12.0 Å². The van der Waals surface area contributed by atoms with Crippen molar-refractivity contribution in [2.45, 2.75) is 44.9 Å². The molecule has 0 heterocycles. The van der Waals surface area contributed by atoms with Gasteiger partial charge in [-0.1, -0.05) is 18.1 Å². The van der Waals surface area contributed by atoms with Crippen LogP contribution in [0.5, 0.6) is 5.75 Å². The zero-order chi connectivity index (χ0) is 18.0. The third kappa shape index (κ3) is 3.62. The summed E-state index contributed by atoms with van der Waals surface area (Å²) in [5.41, 5.74) is 3.77. The van der Waals surface area contributed by atoms with Crippen molar-refractivity contribution >= 4 is 12.1 Å². The Kier molecular flexibility index (Phi) is 4.72. The number of carbonyl (C=O) groups excluding carboxylic acids is 1. The maximum Gasteiger partial charge on any atom is 0.240 e. The minimum atomic E-state index is 0.0326. The minimum absolute atomic E-state index is 0.0326. The molecule has 0 unspecified atom stereocenters. The minimum Gasteiger partial charge on any atom is -0.480 e. The first kappa shape index (κ1) is 17.1. The van der Waals surface area contributed by atoms with E-state index in [1.54, 1.807) is 6.21 Å². The summed E-state index contributed by atoms with van der Waals surface area (Å²) in [6, 6.07) is 7.52. The van der Waals surface area contributed by atoms with Crippen LogP contribution in [0.4, 0.5) is 0 Å². The molecule has 4 bridgehead atoms. The molecule has 0 atom stereocenters. The molecule has 4 fully saturated rings. The van der Waals surface area contributed by atoms with Crippen LogP contribution in [0.2, 0.25) is 0 Å². The van der Waals surface area contributed by atoms with Crippen LogP contribution in [0.15, 0.2) is 29.4 Å². The normalized spacial score (nSPS) is 31.7. The third-order valence-electron chi connectivity index (χ3n) is 6.32. The van der Waals surface area contributed by atoms with Crippen molar-refractivity contribution < 1.29 is 9.53 Å². The Morgan fingerprint density at radius 2 is 1.88 bits per heavy atom. The Balaban J connectivity index is 1.35. The molecule has 5 rings (SSSR count). The summed E-state index contributed by atoms with van der Waals surface area (Å²) in [7, 11) is 0. The van der Waals surface area contributed by atoms with Gasteiger partial charge in [-0.05, 0) is 73.8 Å². The standard InChI is InChI=1S/C22H26N2O2/c1-2-7-26-20-6-4-3-5-19(20)15-23-24-21(25)14-22-11-16-8-17(12-22)10-18(9-16)13-22/h1,3-6,15-18H,7-14H2,(H,24,25)/b23-15-. The molecule has 1 N–H and O–H groups in total. The Morgan fingerprint density at radius 3 is 2.54 bits per heavy atom. The van der Waals surface area contributed by atoms with Crippen molar-refractivity contribution in [3.8, 4) is 18.1 Å². The monoisotopic (exact) mass is 350 g/mol. The van der Waals surface area contributed by atoms with Gasteiger partial charge >= 0.3 is 0 Å². The first-order valence-corrected chi connectivity index (χ1v) is 9.63. The summed E-state index contributed by atoms with van der Waals surface area (Å²) >= 11 is 0. The molecule has 0 saturated heterocycles. The number of hydrogen-bond donors (Lipinski definition) is 1. The van der Waals surface area contributed by atoms with E-state index in [4.69, 9.17) is 11.2 Å². The molecule has 1 aromatic carbocycles.